The molecule has 2 aliphatic rings. The number of piperazine rings is 1. The summed E-state index contributed by atoms with van der Waals surface area (Å²) in [6.07, 6.45) is 0.951. The third-order valence-electron chi connectivity index (χ3n) is 5.25. The van der Waals surface area contributed by atoms with Crippen LogP contribution in [0.1, 0.15) is 16.7 Å². The lowest BCUT2D eigenvalue weighted by atomic mass is 10.1. The van der Waals surface area contributed by atoms with E-state index in [1.807, 2.05) is 6.07 Å². The van der Waals surface area contributed by atoms with Gasteiger partial charge in [0.1, 0.15) is 11.6 Å². The SMILES string of the molecule is Cc1cc(F)ccc1S(=O)(=O)N1CCN(Cc2ccc3c(c2)CCO3)CC1. The van der Waals surface area contributed by atoms with Crippen molar-refractivity contribution in [1.29, 1.82) is 0 Å². The molecule has 0 N–H and O–H groups in total. The zero-order valence-electron chi connectivity index (χ0n) is 15.3. The number of nitrogens with zero attached hydrogens (tertiary/aromatic N) is 2. The molecule has 0 spiro atoms. The van der Waals surface area contributed by atoms with Gasteiger partial charge >= 0.3 is 0 Å². The number of hydrogen-bond donors (Lipinski definition) is 0. The average molecular weight is 390 g/mol. The zero-order chi connectivity index (χ0) is 19.0. The summed E-state index contributed by atoms with van der Waals surface area (Å²) in [5.74, 6) is 0.556. The van der Waals surface area contributed by atoms with Crippen molar-refractivity contribution >= 4 is 10.0 Å². The summed E-state index contributed by atoms with van der Waals surface area (Å²) in [6, 6.07) is 10.1. The molecule has 2 heterocycles. The van der Waals surface area contributed by atoms with E-state index in [9.17, 15) is 12.8 Å². The predicted octanol–water partition coefficient (Wildman–Crippen LogP) is 2.58. The Morgan fingerprint density at radius 2 is 1.85 bits per heavy atom. The summed E-state index contributed by atoms with van der Waals surface area (Å²) in [4.78, 5) is 2.46. The van der Waals surface area contributed by atoms with Gasteiger partial charge < -0.3 is 4.74 Å². The van der Waals surface area contributed by atoms with Gasteiger partial charge in [-0.25, -0.2) is 12.8 Å². The lowest BCUT2D eigenvalue weighted by Gasteiger charge is -2.34. The Kier molecular flexibility index (Phi) is 4.92. The molecular weight excluding hydrogens is 367 g/mol. The molecule has 0 bridgehead atoms. The molecule has 2 aromatic rings. The molecule has 7 heteroatoms. The third kappa shape index (κ3) is 3.72. The monoisotopic (exact) mass is 390 g/mol. The van der Waals surface area contributed by atoms with E-state index >= 15 is 0 Å². The molecule has 0 unspecified atom stereocenters. The molecule has 2 aliphatic heterocycles. The van der Waals surface area contributed by atoms with Crippen LogP contribution in [0.4, 0.5) is 4.39 Å². The van der Waals surface area contributed by atoms with E-state index in [1.54, 1.807) is 6.92 Å². The Morgan fingerprint density at radius 3 is 2.59 bits per heavy atom. The van der Waals surface area contributed by atoms with Crippen LogP contribution < -0.4 is 4.74 Å². The Bertz CT molecular complexity index is 954. The minimum atomic E-state index is -3.59. The van der Waals surface area contributed by atoms with Gasteiger partial charge in [0.2, 0.25) is 10.0 Å². The van der Waals surface area contributed by atoms with Gasteiger partial charge in [-0.05, 0) is 47.9 Å². The molecule has 1 saturated heterocycles. The van der Waals surface area contributed by atoms with Crippen LogP contribution >= 0.6 is 0 Å². The van der Waals surface area contributed by atoms with Gasteiger partial charge in [-0.3, -0.25) is 4.90 Å². The second kappa shape index (κ2) is 7.22. The summed E-state index contributed by atoms with van der Waals surface area (Å²) in [6.45, 7) is 5.40. The van der Waals surface area contributed by atoms with Crippen molar-refractivity contribution in [2.24, 2.45) is 0 Å². The van der Waals surface area contributed by atoms with Crippen LogP contribution in [0.2, 0.25) is 0 Å². The largest absolute Gasteiger partial charge is 0.493 e. The van der Waals surface area contributed by atoms with E-state index in [2.05, 4.69) is 17.0 Å². The van der Waals surface area contributed by atoms with Gasteiger partial charge in [-0.1, -0.05) is 12.1 Å². The first kappa shape index (κ1) is 18.4. The molecule has 5 nitrogen and oxygen atoms in total. The smallest absolute Gasteiger partial charge is 0.243 e. The van der Waals surface area contributed by atoms with Crippen LogP contribution in [-0.2, 0) is 23.0 Å². The van der Waals surface area contributed by atoms with Crippen molar-refractivity contribution in [3.8, 4) is 5.75 Å². The second-order valence-corrected chi connectivity index (χ2v) is 9.04. The number of ether oxygens (including phenoxy) is 1. The van der Waals surface area contributed by atoms with Crippen LogP contribution in [0.25, 0.3) is 0 Å². The van der Waals surface area contributed by atoms with Crippen molar-refractivity contribution in [1.82, 2.24) is 9.21 Å². The zero-order valence-corrected chi connectivity index (χ0v) is 16.1. The molecule has 0 saturated carbocycles. The van der Waals surface area contributed by atoms with Crippen molar-refractivity contribution in [2.75, 3.05) is 32.8 Å². The fraction of sp³-hybridized carbons (Fsp3) is 0.400. The molecule has 4 rings (SSSR count). The van der Waals surface area contributed by atoms with Crippen LogP contribution in [0.5, 0.6) is 5.75 Å². The number of fused-ring (bicyclic) bond motifs is 1. The number of benzene rings is 2. The van der Waals surface area contributed by atoms with Crippen LogP contribution in [0.15, 0.2) is 41.3 Å². The lowest BCUT2D eigenvalue weighted by molar-refractivity contribution is 0.181. The van der Waals surface area contributed by atoms with Gasteiger partial charge in [0.25, 0.3) is 0 Å². The van der Waals surface area contributed by atoms with Gasteiger partial charge in [0, 0.05) is 39.1 Å². The molecular formula is C20H23FN2O3S. The number of hydrogen-bond acceptors (Lipinski definition) is 4. The maximum atomic E-state index is 13.3. The molecule has 2 aromatic carbocycles. The predicted molar refractivity (Wildman–Crippen MR) is 101 cm³/mol. The highest BCUT2D eigenvalue weighted by atomic mass is 32.2. The first-order chi connectivity index (χ1) is 12.9. The van der Waals surface area contributed by atoms with Crippen molar-refractivity contribution in [3.05, 3.63) is 58.9 Å². The fourth-order valence-corrected chi connectivity index (χ4v) is 5.39. The summed E-state index contributed by atoms with van der Waals surface area (Å²) < 4.78 is 46.1. The molecule has 1 fully saturated rings. The standard InChI is InChI=1S/C20H23FN2O3S/c1-15-12-18(21)3-5-20(15)27(24,25)23-9-7-22(8-10-23)14-16-2-4-19-17(13-16)6-11-26-19/h2-5,12-13H,6-11,14H2,1H3. The van der Waals surface area contributed by atoms with Crippen molar-refractivity contribution < 1.29 is 17.5 Å². The lowest BCUT2D eigenvalue weighted by Crippen LogP contribution is -2.48. The van der Waals surface area contributed by atoms with Gasteiger partial charge in [0.05, 0.1) is 11.5 Å². The summed E-state index contributed by atoms with van der Waals surface area (Å²) in [5, 5.41) is 0. The molecule has 27 heavy (non-hydrogen) atoms. The third-order valence-corrected chi connectivity index (χ3v) is 7.30. The Morgan fingerprint density at radius 1 is 1.07 bits per heavy atom. The number of aryl methyl sites for hydroxylation is 1. The Labute approximate surface area is 159 Å². The minimum Gasteiger partial charge on any atom is -0.493 e. The summed E-state index contributed by atoms with van der Waals surface area (Å²) in [5.41, 5.74) is 2.92. The number of halogens is 1. The highest BCUT2D eigenvalue weighted by Gasteiger charge is 2.29. The van der Waals surface area contributed by atoms with E-state index in [0.29, 0.717) is 31.7 Å². The molecule has 0 aliphatic carbocycles. The fourth-order valence-electron chi connectivity index (χ4n) is 3.77. The van der Waals surface area contributed by atoms with E-state index in [4.69, 9.17) is 4.74 Å². The van der Waals surface area contributed by atoms with Gasteiger partial charge in [-0.2, -0.15) is 4.31 Å². The first-order valence-electron chi connectivity index (χ1n) is 9.17. The Hall–Kier alpha value is -1.96. The van der Waals surface area contributed by atoms with E-state index in [0.717, 1.165) is 25.3 Å². The van der Waals surface area contributed by atoms with Gasteiger partial charge in [-0.15, -0.1) is 0 Å². The first-order valence-corrected chi connectivity index (χ1v) is 10.6. The Balaban J connectivity index is 1.41. The number of rotatable bonds is 4. The molecule has 0 aromatic heterocycles. The molecule has 0 atom stereocenters. The van der Waals surface area contributed by atoms with Crippen molar-refractivity contribution in [2.45, 2.75) is 24.8 Å². The highest BCUT2D eigenvalue weighted by molar-refractivity contribution is 7.89. The summed E-state index contributed by atoms with van der Waals surface area (Å²) >= 11 is 0. The summed E-state index contributed by atoms with van der Waals surface area (Å²) in [7, 11) is -3.59. The van der Waals surface area contributed by atoms with Gasteiger partial charge in [0.15, 0.2) is 0 Å². The molecule has 0 radical (unpaired) electrons. The van der Waals surface area contributed by atoms with E-state index in [1.165, 1.54) is 33.6 Å². The normalized spacial score (nSPS) is 18.3. The number of sulfonamides is 1. The van der Waals surface area contributed by atoms with Crippen LogP contribution in [-0.4, -0.2) is 50.4 Å². The van der Waals surface area contributed by atoms with Crippen molar-refractivity contribution in [3.63, 3.8) is 0 Å². The van der Waals surface area contributed by atoms with E-state index in [-0.39, 0.29) is 4.90 Å². The van der Waals surface area contributed by atoms with E-state index < -0.39 is 15.8 Å². The maximum Gasteiger partial charge on any atom is 0.243 e. The topological polar surface area (TPSA) is 49.9 Å². The molecule has 0 amide bonds. The second-order valence-electron chi connectivity index (χ2n) is 7.13. The van der Waals surface area contributed by atoms with Crippen LogP contribution in [0.3, 0.4) is 0 Å². The highest BCUT2D eigenvalue weighted by Crippen LogP contribution is 2.27. The average Bonchev–Trinajstić information content (AvgIpc) is 3.09. The minimum absolute atomic E-state index is 0.191. The maximum absolute atomic E-state index is 13.3. The quantitative estimate of drug-likeness (QED) is 0.805. The van der Waals surface area contributed by atoms with Crippen LogP contribution in [0, 0.1) is 12.7 Å². The molecule has 144 valence electrons.